The number of rotatable bonds is 3. The van der Waals surface area contributed by atoms with Gasteiger partial charge in [-0.15, -0.1) is 0 Å². The number of benzene rings is 1. The number of carboxylic acid groups (broad SMARTS) is 1. The Balaban J connectivity index is 2.16. The lowest BCUT2D eigenvalue weighted by Crippen LogP contribution is -2.31. The molecule has 0 spiro atoms. The highest BCUT2D eigenvalue weighted by atomic mass is 79.9. The molecule has 3 unspecified atom stereocenters. The third-order valence-corrected chi connectivity index (χ3v) is 4.55. The monoisotopic (exact) mass is 328 g/mol. The summed E-state index contributed by atoms with van der Waals surface area (Å²) in [5.74, 6) is -0.763. The molecule has 0 aromatic heterocycles. The smallest absolute Gasteiger partial charge is 0.306 e. The molecule has 2 nitrogen and oxygen atoms in total. The third kappa shape index (κ3) is 3.56. The van der Waals surface area contributed by atoms with Crippen LogP contribution < -0.4 is 0 Å². The lowest BCUT2D eigenvalue weighted by atomic mass is 9.72. The highest BCUT2D eigenvalue weighted by molar-refractivity contribution is 9.10. The number of halogens is 2. The van der Waals surface area contributed by atoms with Gasteiger partial charge in [-0.05, 0) is 55.2 Å². The maximum Gasteiger partial charge on any atom is 0.306 e. The van der Waals surface area contributed by atoms with E-state index in [4.69, 9.17) is 0 Å². The lowest BCUT2D eigenvalue weighted by Gasteiger charge is -2.32. The Morgan fingerprint density at radius 1 is 1.47 bits per heavy atom. The van der Waals surface area contributed by atoms with Crippen LogP contribution in [-0.2, 0) is 11.2 Å². The molecule has 0 saturated heterocycles. The second kappa shape index (κ2) is 6.04. The first-order valence-electron chi connectivity index (χ1n) is 6.64. The molecule has 104 valence electrons. The SMILES string of the molecule is CC1CCC(C(=O)O)C(Cc2ccc(Br)cc2F)C1. The van der Waals surface area contributed by atoms with Gasteiger partial charge in [0.1, 0.15) is 5.82 Å². The fraction of sp³-hybridized carbons (Fsp3) is 0.533. The summed E-state index contributed by atoms with van der Waals surface area (Å²) in [7, 11) is 0. The van der Waals surface area contributed by atoms with Crippen molar-refractivity contribution < 1.29 is 14.3 Å². The number of aliphatic carboxylic acids is 1. The van der Waals surface area contributed by atoms with Crippen LogP contribution in [0.25, 0.3) is 0 Å². The topological polar surface area (TPSA) is 37.3 Å². The van der Waals surface area contributed by atoms with Gasteiger partial charge in [-0.1, -0.05) is 28.9 Å². The van der Waals surface area contributed by atoms with Crippen LogP contribution in [0.15, 0.2) is 22.7 Å². The van der Waals surface area contributed by atoms with Crippen LogP contribution in [0.3, 0.4) is 0 Å². The zero-order valence-electron chi connectivity index (χ0n) is 10.9. The number of carboxylic acids is 1. The first-order valence-corrected chi connectivity index (χ1v) is 7.43. The van der Waals surface area contributed by atoms with E-state index in [1.165, 1.54) is 6.07 Å². The normalized spacial score (nSPS) is 27.2. The molecule has 4 heteroatoms. The third-order valence-electron chi connectivity index (χ3n) is 4.06. The van der Waals surface area contributed by atoms with Crippen LogP contribution in [0.2, 0.25) is 0 Å². The van der Waals surface area contributed by atoms with E-state index in [1.54, 1.807) is 12.1 Å². The van der Waals surface area contributed by atoms with Crippen LogP contribution in [0.1, 0.15) is 31.7 Å². The number of hydrogen-bond donors (Lipinski definition) is 1. The quantitative estimate of drug-likeness (QED) is 0.899. The molecule has 0 amide bonds. The van der Waals surface area contributed by atoms with E-state index in [0.717, 1.165) is 12.8 Å². The van der Waals surface area contributed by atoms with Gasteiger partial charge in [0.2, 0.25) is 0 Å². The van der Waals surface area contributed by atoms with Gasteiger partial charge in [-0.2, -0.15) is 0 Å². The summed E-state index contributed by atoms with van der Waals surface area (Å²) in [4.78, 5) is 11.3. The number of hydrogen-bond acceptors (Lipinski definition) is 1. The molecule has 0 heterocycles. The Hall–Kier alpha value is -0.900. The highest BCUT2D eigenvalue weighted by Crippen LogP contribution is 2.36. The fourth-order valence-electron chi connectivity index (χ4n) is 3.02. The van der Waals surface area contributed by atoms with Gasteiger partial charge in [0, 0.05) is 4.47 Å². The van der Waals surface area contributed by atoms with Crippen LogP contribution >= 0.6 is 15.9 Å². The maximum atomic E-state index is 13.9. The molecule has 1 aliphatic rings. The maximum absolute atomic E-state index is 13.9. The Morgan fingerprint density at radius 2 is 2.21 bits per heavy atom. The molecule has 1 N–H and O–H groups in total. The van der Waals surface area contributed by atoms with Gasteiger partial charge >= 0.3 is 5.97 Å². The van der Waals surface area contributed by atoms with Crippen molar-refractivity contribution in [3.8, 4) is 0 Å². The van der Waals surface area contributed by atoms with Crippen LogP contribution in [-0.4, -0.2) is 11.1 Å². The van der Waals surface area contributed by atoms with Crippen molar-refractivity contribution in [2.75, 3.05) is 0 Å². The molecule has 1 saturated carbocycles. The van der Waals surface area contributed by atoms with Crippen molar-refractivity contribution >= 4 is 21.9 Å². The molecule has 0 bridgehead atoms. The van der Waals surface area contributed by atoms with Gasteiger partial charge < -0.3 is 5.11 Å². The van der Waals surface area contributed by atoms with Crippen LogP contribution in [0.5, 0.6) is 0 Å². The largest absolute Gasteiger partial charge is 0.481 e. The fourth-order valence-corrected chi connectivity index (χ4v) is 3.35. The summed E-state index contributed by atoms with van der Waals surface area (Å²) < 4.78 is 14.6. The number of carbonyl (C=O) groups is 1. The Bertz CT molecular complexity index is 475. The second-order valence-corrected chi connectivity index (χ2v) is 6.48. The second-order valence-electron chi connectivity index (χ2n) is 5.56. The van der Waals surface area contributed by atoms with Crippen molar-refractivity contribution in [2.45, 2.75) is 32.6 Å². The summed E-state index contributed by atoms with van der Waals surface area (Å²) in [5, 5.41) is 9.29. The van der Waals surface area contributed by atoms with Gasteiger partial charge in [-0.3, -0.25) is 4.79 Å². The average molecular weight is 329 g/mol. The zero-order valence-corrected chi connectivity index (χ0v) is 12.5. The predicted molar refractivity (Wildman–Crippen MR) is 75.4 cm³/mol. The summed E-state index contributed by atoms with van der Waals surface area (Å²) >= 11 is 3.23. The minimum Gasteiger partial charge on any atom is -0.481 e. The molecule has 0 radical (unpaired) electrons. The van der Waals surface area contributed by atoms with E-state index in [-0.39, 0.29) is 17.7 Å². The molecule has 19 heavy (non-hydrogen) atoms. The van der Waals surface area contributed by atoms with Crippen LogP contribution in [0.4, 0.5) is 4.39 Å². The first kappa shape index (κ1) is 14.5. The first-order chi connectivity index (χ1) is 8.97. The standard InChI is InChI=1S/C15H18BrFO2/c1-9-2-5-13(15(18)19)11(6-9)7-10-3-4-12(16)8-14(10)17/h3-4,8-9,11,13H,2,5-7H2,1H3,(H,18,19). The van der Waals surface area contributed by atoms with Gasteiger partial charge in [0.25, 0.3) is 0 Å². The predicted octanol–water partition coefficient (Wildman–Crippen LogP) is 4.27. The van der Waals surface area contributed by atoms with E-state index in [2.05, 4.69) is 22.9 Å². The summed E-state index contributed by atoms with van der Waals surface area (Å²) in [5.41, 5.74) is 0.619. The van der Waals surface area contributed by atoms with Crippen molar-refractivity contribution in [3.63, 3.8) is 0 Å². The highest BCUT2D eigenvalue weighted by Gasteiger charge is 2.33. The van der Waals surface area contributed by atoms with Crippen molar-refractivity contribution in [1.29, 1.82) is 0 Å². The molecular weight excluding hydrogens is 311 g/mol. The Labute approximate surface area is 121 Å². The molecule has 3 atom stereocenters. The minimum atomic E-state index is -0.741. The zero-order chi connectivity index (χ0) is 14.0. The van der Waals surface area contributed by atoms with Crippen molar-refractivity contribution in [2.24, 2.45) is 17.8 Å². The minimum absolute atomic E-state index is 0.0388. The molecule has 1 aromatic carbocycles. The van der Waals surface area contributed by atoms with Gasteiger partial charge in [0.15, 0.2) is 0 Å². The van der Waals surface area contributed by atoms with E-state index in [9.17, 15) is 14.3 Å². The van der Waals surface area contributed by atoms with E-state index in [0.29, 0.717) is 28.8 Å². The summed E-state index contributed by atoms with van der Waals surface area (Å²) in [6, 6.07) is 5.00. The Morgan fingerprint density at radius 3 is 2.84 bits per heavy atom. The lowest BCUT2D eigenvalue weighted by molar-refractivity contribution is -0.145. The van der Waals surface area contributed by atoms with Gasteiger partial charge in [-0.25, -0.2) is 4.39 Å². The van der Waals surface area contributed by atoms with Crippen molar-refractivity contribution in [1.82, 2.24) is 0 Å². The molecular formula is C15H18BrFO2. The molecule has 1 aromatic rings. The van der Waals surface area contributed by atoms with E-state index < -0.39 is 5.97 Å². The van der Waals surface area contributed by atoms with Crippen molar-refractivity contribution in [3.05, 3.63) is 34.1 Å². The molecule has 1 aliphatic carbocycles. The molecule has 0 aliphatic heterocycles. The molecule has 2 rings (SSSR count). The van der Waals surface area contributed by atoms with E-state index in [1.807, 2.05) is 0 Å². The Kier molecular flexibility index (Phi) is 4.61. The van der Waals surface area contributed by atoms with Gasteiger partial charge in [0.05, 0.1) is 5.92 Å². The average Bonchev–Trinajstić information content (AvgIpc) is 2.32. The molecule has 1 fully saturated rings. The summed E-state index contributed by atoms with van der Waals surface area (Å²) in [6.45, 7) is 2.14. The van der Waals surface area contributed by atoms with Crippen LogP contribution in [0, 0.1) is 23.6 Å². The summed E-state index contributed by atoms with van der Waals surface area (Å²) in [6.07, 6.45) is 3.04. The van der Waals surface area contributed by atoms with E-state index >= 15 is 0 Å².